The summed E-state index contributed by atoms with van der Waals surface area (Å²) in [5.41, 5.74) is -0.670. The SMILES string of the molecule is CC(C)(C)C1CCN(c2nc(C(F)(F)F)ccc2C#N)C1. The first-order chi connectivity index (χ1) is 9.63. The molecule has 0 N–H and O–H groups in total. The van der Waals surface area contributed by atoms with Gasteiger partial charge in [-0.3, -0.25) is 0 Å². The molecule has 114 valence electrons. The van der Waals surface area contributed by atoms with Crippen LogP contribution in [0, 0.1) is 22.7 Å². The van der Waals surface area contributed by atoms with Gasteiger partial charge in [-0.25, -0.2) is 4.98 Å². The van der Waals surface area contributed by atoms with Gasteiger partial charge in [0.1, 0.15) is 17.6 Å². The van der Waals surface area contributed by atoms with Crippen molar-refractivity contribution in [2.24, 2.45) is 11.3 Å². The number of hydrogen-bond acceptors (Lipinski definition) is 3. The van der Waals surface area contributed by atoms with Gasteiger partial charge in [0.25, 0.3) is 0 Å². The second-order valence-electron chi connectivity index (χ2n) is 6.47. The largest absolute Gasteiger partial charge is 0.433 e. The summed E-state index contributed by atoms with van der Waals surface area (Å²) in [5.74, 6) is 0.527. The zero-order valence-electron chi connectivity index (χ0n) is 12.3. The summed E-state index contributed by atoms with van der Waals surface area (Å²) < 4.78 is 38.4. The van der Waals surface area contributed by atoms with Crippen LogP contribution in [0.25, 0.3) is 0 Å². The number of nitriles is 1. The van der Waals surface area contributed by atoms with Crippen molar-refractivity contribution in [2.75, 3.05) is 18.0 Å². The highest BCUT2D eigenvalue weighted by molar-refractivity contribution is 5.55. The van der Waals surface area contributed by atoms with Crippen LogP contribution in [0.4, 0.5) is 19.0 Å². The van der Waals surface area contributed by atoms with Gasteiger partial charge >= 0.3 is 6.18 Å². The van der Waals surface area contributed by atoms with E-state index in [0.29, 0.717) is 19.0 Å². The first kappa shape index (κ1) is 15.6. The van der Waals surface area contributed by atoms with Crippen molar-refractivity contribution in [2.45, 2.75) is 33.4 Å². The monoisotopic (exact) mass is 297 g/mol. The molecule has 0 radical (unpaired) electrons. The first-order valence-corrected chi connectivity index (χ1v) is 6.86. The molecular formula is C15H18F3N3. The summed E-state index contributed by atoms with van der Waals surface area (Å²) in [6.07, 6.45) is -3.60. The van der Waals surface area contributed by atoms with Crippen LogP contribution in [0.5, 0.6) is 0 Å². The van der Waals surface area contributed by atoms with Gasteiger partial charge in [-0.1, -0.05) is 20.8 Å². The van der Waals surface area contributed by atoms with E-state index in [-0.39, 0.29) is 16.8 Å². The third-order valence-corrected chi connectivity index (χ3v) is 4.00. The number of nitrogens with zero attached hydrogens (tertiary/aromatic N) is 3. The van der Waals surface area contributed by atoms with Crippen molar-refractivity contribution in [3.63, 3.8) is 0 Å². The standard InChI is InChI=1S/C15H18F3N3/c1-14(2,3)11-6-7-21(9-11)13-10(8-19)4-5-12(20-13)15(16,17)18/h4-5,11H,6-7,9H2,1-3H3. The Labute approximate surface area is 122 Å². The van der Waals surface area contributed by atoms with Gasteiger partial charge in [0.2, 0.25) is 0 Å². The molecule has 2 rings (SSSR count). The molecular weight excluding hydrogens is 279 g/mol. The lowest BCUT2D eigenvalue weighted by Crippen LogP contribution is -2.27. The molecule has 2 heterocycles. The number of hydrogen-bond donors (Lipinski definition) is 0. The molecule has 1 fully saturated rings. The molecule has 0 aliphatic carbocycles. The smallest absolute Gasteiger partial charge is 0.355 e. The maximum Gasteiger partial charge on any atom is 0.433 e. The Hall–Kier alpha value is -1.77. The number of aromatic nitrogens is 1. The second kappa shape index (κ2) is 5.21. The van der Waals surface area contributed by atoms with E-state index >= 15 is 0 Å². The molecule has 1 unspecified atom stereocenters. The average Bonchev–Trinajstić information content (AvgIpc) is 2.86. The first-order valence-electron chi connectivity index (χ1n) is 6.86. The Morgan fingerprint density at radius 2 is 1.95 bits per heavy atom. The van der Waals surface area contributed by atoms with Crippen molar-refractivity contribution in [1.82, 2.24) is 4.98 Å². The number of halogens is 3. The van der Waals surface area contributed by atoms with E-state index in [1.54, 1.807) is 4.90 Å². The van der Waals surface area contributed by atoms with Gasteiger partial charge in [0, 0.05) is 13.1 Å². The Bertz CT molecular complexity index is 567. The Morgan fingerprint density at radius 3 is 2.43 bits per heavy atom. The van der Waals surface area contributed by atoms with Crippen LogP contribution in [-0.4, -0.2) is 18.1 Å². The molecule has 0 saturated carbocycles. The molecule has 1 aromatic rings. The van der Waals surface area contributed by atoms with E-state index in [9.17, 15) is 13.2 Å². The number of alkyl halides is 3. The minimum Gasteiger partial charge on any atom is -0.355 e. The molecule has 3 nitrogen and oxygen atoms in total. The molecule has 21 heavy (non-hydrogen) atoms. The molecule has 1 aliphatic heterocycles. The van der Waals surface area contributed by atoms with Gasteiger partial charge < -0.3 is 4.90 Å². The van der Waals surface area contributed by atoms with Crippen molar-refractivity contribution in [1.29, 1.82) is 5.26 Å². The van der Waals surface area contributed by atoms with Gasteiger partial charge in [0.05, 0.1) is 5.56 Å². The van der Waals surface area contributed by atoms with E-state index < -0.39 is 11.9 Å². The van der Waals surface area contributed by atoms with Gasteiger partial charge in [-0.15, -0.1) is 0 Å². The zero-order valence-corrected chi connectivity index (χ0v) is 12.3. The van der Waals surface area contributed by atoms with E-state index in [1.807, 2.05) is 6.07 Å². The highest BCUT2D eigenvalue weighted by atomic mass is 19.4. The van der Waals surface area contributed by atoms with E-state index in [0.717, 1.165) is 12.5 Å². The Kier molecular flexibility index (Phi) is 3.87. The van der Waals surface area contributed by atoms with Crippen LogP contribution >= 0.6 is 0 Å². The Morgan fingerprint density at radius 1 is 1.29 bits per heavy atom. The fourth-order valence-corrected chi connectivity index (χ4v) is 2.59. The second-order valence-corrected chi connectivity index (χ2v) is 6.47. The molecule has 1 aromatic heterocycles. The quantitative estimate of drug-likeness (QED) is 0.790. The van der Waals surface area contributed by atoms with Crippen LogP contribution in [0.1, 0.15) is 38.4 Å². The topological polar surface area (TPSA) is 39.9 Å². The highest BCUT2D eigenvalue weighted by Crippen LogP contribution is 2.37. The minimum atomic E-state index is -4.49. The highest BCUT2D eigenvalue weighted by Gasteiger charge is 2.36. The summed E-state index contributed by atoms with van der Waals surface area (Å²) in [7, 11) is 0. The van der Waals surface area contributed by atoms with Gasteiger partial charge in [-0.2, -0.15) is 18.4 Å². The van der Waals surface area contributed by atoms with E-state index in [2.05, 4.69) is 25.8 Å². The lowest BCUT2D eigenvalue weighted by molar-refractivity contribution is -0.141. The molecule has 0 bridgehead atoms. The van der Waals surface area contributed by atoms with E-state index in [1.165, 1.54) is 6.07 Å². The number of pyridine rings is 1. The third kappa shape index (κ3) is 3.29. The average molecular weight is 297 g/mol. The fraction of sp³-hybridized carbons (Fsp3) is 0.600. The number of anilines is 1. The van der Waals surface area contributed by atoms with Crippen molar-refractivity contribution < 1.29 is 13.2 Å². The zero-order chi connectivity index (χ0) is 15.8. The summed E-state index contributed by atoms with van der Waals surface area (Å²) >= 11 is 0. The van der Waals surface area contributed by atoms with Crippen molar-refractivity contribution in [3.8, 4) is 6.07 Å². The summed E-state index contributed by atoms with van der Waals surface area (Å²) in [6, 6.07) is 4.00. The van der Waals surface area contributed by atoms with Gasteiger partial charge in [-0.05, 0) is 29.9 Å². The molecule has 1 atom stereocenters. The molecule has 0 amide bonds. The summed E-state index contributed by atoms with van der Waals surface area (Å²) in [5, 5.41) is 9.10. The molecule has 6 heteroatoms. The maximum atomic E-state index is 12.8. The van der Waals surface area contributed by atoms with Crippen LogP contribution in [0.2, 0.25) is 0 Å². The fourth-order valence-electron chi connectivity index (χ4n) is 2.59. The van der Waals surface area contributed by atoms with Crippen molar-refractivity contribution in [3.05, 3.63) is 23.4 Å². The van der Waals surface area contributed by atoms with Crippen LogP contribution in [-0.2, 0) is 6.18 Å². The predicted octanol–water partition coefficient (Wildman–Crippen LogP) is 3.84. The summed E-state index contributed by atoms with van der Waals surface area (Å²) in [6.45, 7) is 7.61. The summed E-state index contributed by atoms with van der Waals surface area (Å²) in [4.78, 5) is 5.49. The lowest BCUT2D eigenvalue weighted by Gasteiger charge is -2.27. The van der Waals surface area contributed by atoms with E-state index in [4.69, 9.17) is 5.26 Å². The Balaban J connectivity index is 2.34. The lowest BCUT2D eigenvalue weighted by atomic mass is 9.80. The van der Waals surface area contributed by atoms with Gasteiger partial charge in [0.15, 0.2) is 0 Å². The molecule has 1 aliphatic rings. The molecule has 1 saturated heterocycles. The van der Waals surface area contributed by atoms with Crippen LogP contribution < -0.4 is 4.90 Å². The minimum absolute atomic E-state index is 0.0865. The third-order valence-electron chi connectivity index (χ3n) is 4.00. The predicted molar refractivity (Wildman–Crippen MR) is 73.7 cm³/mol. The molecule has 0 aromatic carbocycles. The van der Waals surface area contributed by atoms with Crippen LogP contribution in [0.15, 0.2) is 12.1 Å². The maximum absolute atomic E-state index is 12.8. The van der Waals surface area contributed by atoms with Crippen LogP contribution in [0.3, 0.4) is 0 Å². The number of rotatable bonds is 1. The molecule has 0 spiro atoms. The van der Waals surface area contributed by atoms with Crippen molar-refractivity contribution >= 4 is 5.82 Å². The normalized spacial score (nSPS) is 19.7.